The van der Waals surface area contributed by atoms with Crippen LogP contribution in [-0.2, 0) is 11.0 Å². The van der Waals surface area contributed by atoms with Crippen LogP contribution in [0.3, 0.4) is 0 Å². The molecule has 1 nitrogen and oxygen atoms in total. The molecule has 1 aromatic carbocycles. The molecule has 1 unspecified atom stereocenters. The first-order valence-electron chi connectivity index (χ1n) is 6.50. The molecule has 0 aliphatic rings. The summed E-state index contributed by atoms with van der Waals surface area (Å²) in [5.74, 6) is -1.25. The Labute approximate surface area is 122 Å². The third-order valence-corrected chi connectivity index (χ3v) is 3.25. The minimum absolute atomic E-state index is 0.00792. The zero-order valence-electron chi connectivity index (χ0n) is 11.8. The zero-order chi connectivity index (χ0) is 16.0. The number of allylic oxidation sites excluding steroid dienone is 2. The molecule has 21 heavy (non-hydrogen) atoms. The van der Waals surface area contributed by atoms with Gasteiger partial charge in [-0.1, -0.05) is 30.9 Å². The number of alkyl halides is 3. The molecule has 0 heterocycles. The molecule has 0 aliphatic carbocycles. The Hall–Kier alpha value is -2.06. The highest BCUT2D eigenvalue weighted by atomic mass is 19.4. The SMILES string of the molecule is C=C=C(C)C(=O)C(CCC=C)c1ccccc1C(F)(F)F. The molecule has 0 fully saturated rings. The van der Waals surface area contributed by atoms with Crippen LogP contribution in [0.15, 0.2) is 54.8 Å². The van der Waals surface area contributed by atoms with Crippen molar-refractivity contribution in [2.45, 2.75) is 31.9 Å². The number of carbonyl (C=O) groups is 1. The highest BCUT2D eigenvalue weighted by Gasteiger charge is 2.36. The standard InChI is InChI=1S/C17H17F3O/c1-4-6-9-14(16(21)12(3)5-2)13-10-7-8-11-15(13)17(18,19)20/h4,7-8,10-11,14H,1-2,6,9H2,3H3. The maximum atomic E-state index is 13.1. The minimum atomic E-state index is -4.49. The molecule has 0 aromatic heterocycles. The molecule has 0 amide bonds. The van der Waals surface area contributed by atoms with E-state index in [0.29, 0.717) is 6.42 Å². The Morgan fingerprint density at radius 2 is 2.00 bits per heavy atom. The van der Waals surface area contributed by atoms with Crippen LogP contribution in [0.1, 0.15) is 36.8 Å². The van der Waals surface area contributed by atoms with Crippen LogP contribution in [0.4, 0.5) is 13.2 Å². The zero-order valence-corrected chi connectivity index (χ0v) is 11.8. The van der Waals surface area contributed by atoms with Crippen molar-refractivity contribution in [2.24, 2.45) is 0 Å². The van der Waals surface area contributed by atoms with Crippen molar-refractivity contribution in [1.29, 1.82) is 0 Å². The van der Waals surface area contributed by atoms with Crippen molar-refractivity contribution in [1.82, 2.24) is 0 Å². The molecular formula is C17H17F3O. The lowest BCUT2D eigenvalue weighted by Gasteiger charge is -2.20. The summed E-state index contributed by atoms with van der Waals surface area (Å²) in [6, 6.07) is 5.17. The maximum Gasteiger partial charge on any atom is 0.416 e. The van der Waals surface area contributed by atoms with E-state index in [4.69, 9.17) is 0 Å². The predicted octanol–water partition coefficient (Wildman–Crippen LogP) is 5.06. The van der Waals surface area contributed by atoms with Gasteiger partial charge in [-0.15, -0.1) is 12.3 Å². The van der Waals surface area contributed by atoms with E-state index in [-0.39, 0.29) is 23.3 Å². The number of hydrogen-bond acceptors (Lipinski definition) is 1. The molecule has 1 atom stereocenters. The first-order valence-corrected chi connectivity index (χ1v) is 6.50. The van der Waals surface area contributed by atoms with Crippen molar-refractivity contribution in [3.63, 3.8) is 0 Å². The van der Waals surface area contributed by atoms with E-state index in [0.717, 1.165) is 6.07 Å². The lowest BCUT2D eigenvalue weighted by molar-refractivity contribution is -0.138. The molecule has 1 rings (SSSR count). The lowest BCUT2D eigenvalue weighted by atomic mass is 9.84. The van der Waals surface area contributed by atoms with Crippen LogP contribution in [0.2, 0.25) is 0 Å². The summed E-state index contributed by atoms with van der Waals surface area (Å²) in [6.07, 6.45) is -2.18. The summed E-state index contributed by atoms with van der Waals surface area (Å²) in [5.41, 5.74) is 1.91. The molecule has 0 saturated heterocycles. The largest absolute Gasteiger partial charge is 0.416 e. The van der Waals surface area contributed by atoms with E-state index in [1.807, 2.05) is 0 Å². The van der Waals surface area contributed by atoms with Gasteiger partial charge in [0.25, 0.3) is 0 Å². The summed E-state index contributed by atoms with van der Waals surface area (Å²) >= 11 is 0. The molecule has 0 N–H and O–H groups in total. The Bertz CT molecular complexity index is 578. The molecule has 1 aromatic rings. The van der Waals surface area contributed by atoms with Crippen LogP contribution in [-0.4, -0.2) is 5.78 Å². The van der Waals surface area contributed by atoms with Crippen LogP contribution in [0.25, 0.3) is 0 Å². The molecule has 0 saturated carbocycles. The van der Waals surface area contributed by atoms with Crippen molar-refractivity contribution in [2.75, 3.05) is 0 Å². The third kappa shape index (κ3) is 4.20. The molecule has 4 heteroatoms. The fraction of sp³-hybridized carbons (Fsp3) is 0.294. The minimum Gasteiger partial charge on any atom is -0.293 e. The molecular weight excluding hydrogens is 277 g/mol. The van der Waals surface area contributed by atoms with Crippen molar-refractivity contribution in [3.05, 3.63) is 65.9 Å². The maximum absolute atomic E-state index is 13.1. The van der Waals surface area contributed by atoms with Gasteiger partial charge >= 0.3 is 6.18 Å². The average Bonchev–Trinajstić information content (AvgIpc) is 2.46. The second-order valence-electron chi connectivity index (χ2n) is 4.67. The molecule has 0 radical (unpaired) electrons. The Kier molecular flexibility index (Phi) is 5.74. The van der Waals surface area contributed by atoms with Crippen LogP contribution >= 0.6 is 0 Å². The van der Waals surface area contributed by atoms with Gasteiger partial charge in [0.1, 0.15) is 0 Å². The summed E-state index contributed by atoms with van der Waals surface area (Å²) in [5, 5.41) is 0. The Balaban J connectivity index is 3.36. The highest BCUT2D eigenvalue weighted by molar-refractivity contribution is 5.99. The fourth-order valence-electron chi connectivity index (χ4n) is 2.12. The van der Waals surface area contributed by atoms with Crippen LogP contribution < -0.4 is 0 Å². The Morgan fingerprint density at radius 1 is 1.38 bits per heavy atom. The van der Waals surface area contributed by atoms with Crippen molar-refractivity contribution in [3.8, 4) is 0 Å². The van der Waals surface area contributed by atoms with Crippen LogP contribution in [0, 0.1) is 0 Å². The predicted molar refractivity (Wildman–Crippen MR) is 77.0 cm³/mol. The summed E-state index contributed by atoms with van der Waals surface area (Å²) in [4.78, 5) is 12.3. The number of carbonyl (C=O) groups excluding carboxylic acids is 1. The van der Waals surface area contributed by atoms with Gasteiger partial charge < -0.3 is 0 Å². The van der Waals surface area contributed by atoms with E-state index >= 15 is 0 Å². The number of rotatable bonds is 6. The molecule has 112 valence electrons. The number of benzene rings is 1. The first-order chi connectivity index (χ1) is 9.82. The van der Waals surface area contributed by atoms with Gasteiger partial charge in [0.15, 0.2) is 5.78 Å². The van der Waals surface area contributed by atoms with E-state index in [1.54, 1.807) is 6.08 Å². The summed E-state index contributed by atoms with van der Waals surface area (Å²) in [6.45, 7) is 8.44. The second kappa shape index (κ2) is 7.09. The van der Waals surface area contributed by atoms with E-state index in [2.05, 4.69) is 18.9 Å². The monoisotopic (exact) mass is 294 g/mol. The van der Waals surface area contributed by atoms with Gasteiger partial charge in [-0.25, -0.2) is 0 Å². The van der Waals surface area contributed by atoms with Gasteiger partial charge in [-0.2, -0.15) is 13.2 Å². The van der Waals surface area contributed by atoms with Gasteiger partial charge in [0, 0.05) is 11.5 Å². The van der Waals surface area contributed by atoms with Crippen molar-refractivity contribution >= 4 is 5.78 Å². The summed E-state index contributed by atoms with van der Waals surface area (Å²) in [7, 11) is 0. The number of ketones is 1. The highest BCUT2D eigenvalue weighted by Crippen LogP contribution is 2.37. The van der Waals surface area contributed by atoms with Gasteiger partial charge in [-0.3, -0.25) is 4.79 Å². The third-order valence-electron chi connectivity index (χ3n) is 3.25. The topological polar surface area (TPSA) is 17.1 Å². The van der Waals surface area contributed by atoms with E-state index in [1.165, 1.54) is 25.1 Å². The number of Topliss-reactive ketones (excluding diaryl/α,β-unsaturated/α-hetero) is 1. The number of hydrogen-bond donors (Lipinski definition) is 0. The van der Waals surface area contributed by atoms with Crippen LogP contribution in [0.5, 0.6) is 0 Å². The Morgan fingerprint density at radius 3 is 2.52 bits per heavy atom. The quantitative estimate of drug-likeness (QED) is 0.407. The van der Waals surface area contributed by atoms with Gasteiger partial charge in [0.2, 0.25) is 0 Å². The normalized spacial score (nSPS) is 12.4. The van der Waals surface area contributed by atoms with E-state index < -0.39 is 17.7 Å². The average molecular weight is 294 g/mol. The second-order valence-corrected chi connectivity index (χ2v) is 4.67. The molecule has 0 bridgehead atoms. The lowest BCUT2D eigenvalue weighted by Crippen LogP contribution is -2.18. The molecule has 0 spiro atoms. The smallest absolute Gasteiger partial charge is 0.293 e. The van der Waals surface area contributed by atoms with E-state index in [9.17, 15) is 18.0 Å². The van der Waals surface area contributed by atoms with Gasteiger partial charge in [-0.05, 0) is 31.4 Å². The van der Waals surface area contributed by atoms with Gasteiger partial charge in [0.05, 0.1) is 5.56 Å². The number of halogens is 3. The summed E-state index contributed by atoms with van der Waals surface area (Å²) < 4.78 is 39.3. The van der Waals surface area contributed by atoms with Crippen molar-refractivity contribution < 1.29 is 18.0 Å². The first kappa shape index (κ1) is 17.0. The molecule has 0 aliphatic heterocycles. The fourth-order valence-corrected chi connectivity index (χ4v) is 2.12.